The molecule has 1 amide bonds. The van der Waals surface area contributed by atoms with Gasteiger partial charge < -0.3 is 16.8 Å². The maximum absolute atomic E-state index is 12.0. The van der Waals surface area contributed by atoms with Gasteiger partial charge in [0.15, 0.2) is 0 Å². The largest absolute Gasteiger partial charge is 0.387 e. The van der Waals surface area contributed by atoms with Gasteiger partial charge in [-0.05, 0) is 44.9 Å². The Morgan fingerprint density at radius 3 is 2.24 bits per heavy atom. The number of dihydropyridines is 1. The van der Waals surface area contributed by atoms with Gasteiger partial charge in [0.2, 0.25) is 0 Å². The monoisotopic (exact) mass is 292 g/mol. The first-order chi connectivity index (χ1) is 9.78. The molecule has 0 aromatic heterocycles. The van der Waals surface area contributed by atoms with E-state index in [0.29, 0.717) is 6.54 Å². The normalized spacial score (nSPS) is 17.3. The van der Waals surface area contributed by atoms with Gasteiger partial charge in [-0.25, -0.2) is 4.99 Å². The fourth-order valence-electron chi connectivity index (χ4n) is 1.61. The summed E-state index contributed by atoms with van der Waals surface area (Å²) in [4.78, 5) is 15.9. The van der Waals surface area contributed by atoms with Crippen LogP contribution in [0.5, 0.6) is 0 Å². The zero-order valence-corrected chi connectivity index (χ0v) is 13.9. The Labute approximate surface area is 127 Å². The summed E-state index contributed by atoms with van der Waals surface area (Å²) in [6, 6.07) is 0. The van der Waals surface area contributed by atoms with Gasteiger partial charge in [-0.2, -0.15) is 0 Å². The van der Waals surface area contributed by atoms with E-state index in [1.807, 2.05) is 53.0 Å². The van der Waals surface area contributed by atoms with Crippen LogP contribution in [-0.4, -0.2) is 18.3 Å². The van der Waals surface area contributed by atoms with E-state index in [0.717, 1.165) is 16.8 Å². The van der Waals surface area contributed by atoms with Crippen LogP contribution in [0.4, 0.5) is 0 Å². The standard InChI is InChI=1S/C14H22N4O.C2H6/c1-9(7-15)12-6-5-11(8-17-12)14(3,4)13(19)18-10(2)16;1-2/h5-6,8,17H,7,15H2,1-4H3,(H2,16,18,19);1-2H3/b12-9-;. The molecule has 1 aliphatic heterocycles. The van der Waals surface area contributed by atoms with Crippen LogP contribution in [0, 0.1) is 5.41 Å². The molecule has 0 aliphatic carbocycles. The number of amidine groups is 1. The lowest BCUT2D eigenvalue weighted by atomic mass is 9.82. The number of carbonyl (C=O) groups excluding carboxylic acids is 1. The fraction of sp³-hybridized carbons (Fsp3) is 0.500. The Bertz CT molecular complexity index is 492. The Morgan fingerprint density at radius 1 is 1.29 bits per heavy atom. The molecular weight excluding hydrogens is 264 g/mol. The molecule has 21 heavy (non-hydrogen) atoms. The first kappa shape index (κ1) is 19.1. The molecule has 5 heteroatoms. The van der Waals surface area contributed by atoms with E-state index in [1.54, 1.807) is 6.92 Å². The highest BCUT2D eigenvalue weighted by Crippen LogP contribution is 2.30. The van der Waals surface area contributed by atoms with E-state index in [9.17, 15) is 4.79 Å². The first-order valence-corrected chi connectivity index (χ1v) is 7.19. The van der Waals surface area contributed by atoms with Gasteiger partial charge in [-0.3, -0.25) is 4.79 Å². The molecule has 0 fully saturated rings. The van der Waals surface area contributed by atoms with Crippen molar-refractivity contribution in [3.05, 3.63) is 35.2 Å². The second kappa shape index (κ2) is 8.42. The number of aliphatic imine (C=N–C) groups is 1. The van der Waals surface area contributed by atoms with Gasteiger partial charge in [-0.1, -0.05) is 19.9 Å². The molecule has 0 atom stereocenters. The summed E-state index contributed by atoms with van der Waals surface area (Å²) in [5.74, 6) is 0.0131. The van der Waals surface area contributed by atoms with Crippen LogP contribution >= 0.6 is 0 Å². The molecule has 0 unspecified atom stereocenters. The van der Waals surface area contributed by atoms with Gasteiger partial charge in [-0.15, -0.1) is 0 Å². The van der Waals surface area contributed by atoms with Crippen LogP contribution in [0.15, 0.2) is 40.2 Å². The van der Waals surface area contributed by atoms with E-state index in [2.05, 4.69) is 10.3 Å². The van der Waals surface area contributed by atoms with Crippen LogP contribution in [0.2, 0.25) is 0 Å². The number of nitrogens with two attached hydrogens (primary N) is 2. The van der Waals surface area contributed by atoms with Crippen molar-refractivity contribution in [3.8, 4) is 0 Å². The molecule has 1 heterocycles. The SMILES string of the molecule is CC.CC(N)=NC(=O)C(C)(C)C1=CN/C(=C(/C)CN)C=C1. The second-order valence-corrected chi connectivity index (χ2v) is 5.16. The molecule has 1 aliphatic rings. The highest BCUT2D eigenvalue weighted by Gasteiger charge is 2.31. The molecule has 0 aromatic rings. The number of allylic oxidation sites excluding steroid dienone is 2. The predicted molar refractivity (Wildman–Crippen MR) is 89.5 cm³/mol. The molecule has 0 spiro atoms. The molecule has 5 N–H and O–H groups in total. The fourth-order valence-corrected chi connectivity index (χ4v) is 1.61. The lowest BCUT2D eigenvalue weighted by Gasteiger charge is -2.25. The van der Waals surface area contributed by atoms with Crippen molar-refractivity contribution in [2.45, 2.75) is 41.5 Å². The van der Waals surface area contributed by atoms with Crippen LogP contribution in [0.25, 0.3) is 0 Å². The van der Waals surface area contributed by atoms with Crippen molar-refractivity contribution in [2.75, 3.05) is 6.54 Å². The number of hydrogen-bond donors (Lipinski definition) is 3. The zero-order chi connectivity index (χ0) is 16.6. The highest BCUT2D eigenvalue weighted by atomic mass is 16.1. The number of hydrogen-bond acceptors (Lipinski definition) is 3. The molecule has 0 saturated heterocycles. The van der Waals surface area contributed by atoms with Crippen molar-refractivity contribution in [2.24, 2.45) is 21.9 Å². The van der Waals surface area contributed by atoms with Crippen LogP contribution in [0.1, 0.15) is 41.5 Å². The molecular formula is C16H28N4O. The smallest absolute Gasteiger partial charge is 0.257 e. The Balaban J connectivity index is 0.00000191. The number of amides is 1. The van der Waals surface area contributed by atoms with Gasteiger partial charge in [0.1, 0.15) is 0 Å². The van der Waals surface area contributed by atoms with Crippen molar-refractivity contribution >= 4 is 11.7 Å². The van der Waals surface area contributed by atoms with Crippen LogP contribution in [0.3, 0.4) is 0 Å². The second-order valence-electron chi connectivity index (χ2n) is 5.16. The van der Waals surface area contributed by atoms with E-state index in [-0.39, 0.29) is 11.7 Å². The van der Waals surface area contributed by atoms with E-state index < -0.39 is 5.41 Å². The van der Waals surface area contributed by atoms with Crippen molar-refractivity contribution in [1.82, 2.24) is 5.32 Å². The number of carbonyl (C=O) groups is 1. The number of rotatable bonds is 3. The Kier molecular flexibility index (Phi) is 7.66. The first-order valence-electron chi connectivity index (χ1n) is 7.19. The summed E-state index contributed by atoms with van der Waals surface area (Å²) in [6.07, 6.45) is 5.64. The van der Waals surface area contributed by atoms with Gasteiger partial charge in [0.25, 0.3) is 5.91 Å². The molecule has 0 aromatic carbocycles. The van der Waals surface area contributed by atoms with E-state index in [4.69, 9.17) is 11.5 Å². The van der Waals surface area contributed by atoms with Crippen LogP contribution < -0.4 is 16.8 Å². The molecule has 0 bridgehead atoms. The third-order valence-electron chi connectivity index (χ3n) is 3.11. The van der Waals surface area contributed by atoms with Gasteiger partial charge in [0, 0.05) is 18.4 Å². The van der Waals surface area contributed by atoms with E-state index >= 15 is 0 Å². The lowest BCUT2D eigenvalue weighted by Crippen LogP contribution is -2.29. The number of nitrogens with zero attached hydrogens (tertiary/aromatic N) is 1. The Morgan fingerprint density at radius 2 is 1.86 bits per heavy atom. The molecule has 5 nitrogen and oxygen atoms in total. The van der Waals surface area contributed by atoms with Gasteiger partial charge in [0.05, 0.1) is 11.3 Å². The average Bonchev–Trinajstić information content (AvgIpc) is 2.48. The average molecular weight is 292 g/mol. The quantitative estimate of drug-likeness (QED) is 0.549. The number of nitrogens with one attached hydrogen (secondary N) is 1. The summed E-state index contributed by atoms with van der Waals surface area (Å²) < 4.78 is 0. The minimum absolute atomic E-state index is 0.256. The maximum atomic E-state index is 12.0. The molecule has 1 rings (SSSR count). The maximum Gasteiger partial charge on any atom is 0.257 e. The minimum atomic E-state index is -0.716. The van der Waals surface area contributed by atoms with Gasteiger partial charge >= 0.3 is 0 Å². The third-order valence-corrected chi connectivity index (χ3v) is 3.11. The molecule has 0 saturated carbocycles. The summed E-state index contributed by atoms with van der Waals surface area (Å²) in [6.45, 7) is 11.7. The lowest BCUT2D eigenvalue weighted by molar-refractivity contribution is -0.123. The third kappa shape index (κ3) is 5.19. The van der Waals surface area contributed by atoms with Crippen molar-refractivity contribution in [3.63, 3.8) is 0 Å². The Hall–Kier alpha value is -1.88. The molecule has 118 valence electrons. The summed E-state index contributed by atoms with van der Waals surface area (Å²) >= 11 is 0. The zero-order valence-electron chi connectivity index (χ0n) is 13.9. The summed E-state index contributed by atoms with van der Waals surface area (Å²) in [7, 11) is 0. The summed E-state index contributed by atoms with van der Waals surface area (Å²) in [5.41, 5.74) is 13.2. The molecule has 0 radical (unpaired) electrons. The van der Waals surface area contributed by atoms with Crippen LogP contribution in [-0.2, 0) is 4.79 Å². The van der Waals surface area contributed by atoms with E-state index in [1.165, 1.54) is 0 Å². The summed E-state index contributed by atoms with van der Waals surface area (Å²) in [5, 5.41) is 3.15. The van der Waals surface area contributed by atoms with Crippen molar-refractivity contribution < 1.29 is 4.79 Å². The van der Waals surface area contributed by atoms with Crippen molar-refractivity contribution in [1.29, 1.82) is 0 Å². The highest BCUT2D eigenvalue weighted by molar-refractivity contribution is 5.96. The minimum Gasteiger partial charge on any atom is -0.387 e. The topological polar surface area (TPSA) is 93.5 Å². The predicted octanol–water partition coefficient (Wildman–Crippen LogP) is 2.22.